The van der Waals surface area contributed by atoms with Gasteiger partial charge in [0.2, 0.25) is 0 Å². The standard InChI is InChI=1S/C15H11NO2/c17-14-12-8-4-7-11(13(12)15(18)16-14)9-10-5-2-1-3-6-10/h1-6,8-9H,7H2,(H,16,17,18). The van der Waals surface area contributed by atoms with Crippen molar-refractivity contribution in [1.29, 1.82) is 0 Å². The molecule has 1 N–H and O–H groups in total. The van der Waals surface area contributed by atoms with Crippen molar-refractivity contribution in [2.45, 2.75) is 6.42 Å². The Morgan fingerprint density at radius 2 is 1.83 bits per heavy atom. The molecule has 0 radical (unpaired) electrons. The van der Waals surface area contributed by atoms with E-state index in [1.54, 1.807) is 6.08 Å². The topological polar surface area (TPSA) is 46.2 Å². The number of allylic oxidation sites excluding steroid dienone is 1. The van der Waals surface area contributed by atoms with E-state index in [1.807, 2.05) is 42.5 Å². The van der Waals surface area contributed by atoms with Crippen LogP contribution in [0.3, 0.4) is 0 Å². The first-order chi connectivity index (χ1) is 8.75. The minimum Gasteiger partial charge on any atom is -0.288 e. The zero-order chi connectivity index (χ0) is 12.5. The molecule has 0 saturated heterocycles. The molecule has 1 aromatic carbocycles. The Bertz CT molecular complexity index is 621. The molecule has 2 aliphatic rings. The van der Waals surface area contributed by atoms with Gasteiger partial charge in [-0.3, -0.25) is 14.9 Å². The summed E-state index contributed by atoms with van der Waals surface area (Å²) in [5, 5.41) is 2.33. The Balaban J connectivity index is 2.07. The largest absolute Gasteiger partial charge is 0.288 e. The number of carbonyl (C=O) groups is 2. The van der Waals surface area contributed by atoms with Crippen LogP contribution < -0.4 is 5.32 Å². The Morgan fingerprint density at radius 3 is 2.61 bits per heavy atom. The molecule has 1 aliphatic heterocycles. The molecule has 0 spiro atoms. The van der Waals surface area contributed by atoms with E-state index >= 15 is 0 Å². The van der Waals surface area contributed by atoms with Crippen molar-refractivity contribution in [2.75, 3.05) is 0 Å². The molecule has 0 bridgehead atoms. The summed E-state index contributed by atoms with van der Waals surface area (Å²) in [5.41, 5.74) is 2.92. The van der Waals surface area contributed by atoms with Crippen molar-refractivity contribution < 1.29 is 9.59 Å². The molecule has 0 atom stereocenters. The van der Waals surface area contributed by atoms with Crippen LogP contribution in [0.25, 0.3) is 6.08 Å². The van der Waals surface area contributed by atoms with Crippen LogP contribution in [0.1, 0.15) is 12.0 Å². The maximum atomic E-state index is 11.8. The maximum Gasteiger partial charge on any atom is 0.259 e. The molecule has 2 amide bonds. The third kappa shape index (κ3) is 1.70. The van der Waals surface area contributed by atoms with Crippen LogP contribution >= 0.6 is 0 Å². The SMILES string of the molecule is O=C1NC(=O)C2=C1C=CCC2=Cc1ccccc1. The molecule has 1 aromatic rings. The third-order valence-corrected chi connectivity index (χ3v) is 3.05. The second kappa shape index (κ2) is 4.11. The summed E-state index contributed by atoms with van der Waals surface area (Å²) in [5.74, 6) is -0.591. The number of benzene rings is 1. The molecule has 3 rings (SSSR count). The average molecular weight is 237 g/mol. The van der Waals surface area contributed by atoms with E-state index in [2.05, 4.69) is 5.32 Å². The van der Waals surface area contributed by atoms with Crippen LogP contribution in [-0.4, -0.2) is 11.8 Å². The van der Waals surface area contributed by atoms with Crippen LogP contribution in [0.4, 0.5) is 0 Å². The van der Waals surface area contributed by atoms with Crippen molar-refractivity contribution in [3.05, 3.63) is 64.8 Å². The number of amides is 2. The summed E-state index contributed by atoms with van der Waals surface area (Å²) < 4.78 is 0. The van der Waals surface area contributed by atoms with Gasteiger partial charge in [0, 0.05) is 0 Å². The van der Waals surface area contributed by atoms with E-state index in [4.69, 9.17) is 0 Å². The normalized spacial score (nSPS) is 20.3. The highest BCUT2D eigenvalue weighted by molar-refractivity contribution is 6.23. The molecule has 18 heavy (non-hydrogen) atoms. The fraction of sp³-hybridized carbons (Fsp3) is 0.0667. The van der Waals surface area contributed by atoms with E-state index < -0.39 is 0 Å². The second-order valence-corrected chi connectivity index (χ2v) is 4.26. The highest BCUT2D eigenvalue weighted by Gasteiger charge is 2.31. The highest BCUT2D eigenvalue weighted by atomic mass is 16.2. The smallest absolute Gasteiger partial charge is 0.259 e. The van der Waals surface area contributed by atoms with Gasteiger partial charge in [-0.1, -0.05) is 48.6 Å². The van der Waals surface area contributed by atoms with Crippen LogP contribution in [0, 0.1) is 0 Å². The summed E-state index contributed by atoms with van der Waals surface area (Å²) in [6.45, 7) is 0. The van der Waals surface area contributed by atoms with E-state index in [-0.39, 0.29) is 11.8 Å². The minimum absolute atomic E-state index is 0.290. The molecule has 88 valence electrons. The van der Waals surface area contributed by atoms with Crippen LogP contribution in [0.15, 0.2) is 59.2 Å². The lowest BCUT2D eigenvalue weighted by Gasteiger charge is -2.09. The highest BCUT2D eigenvalue weighted by Crippen LogP contribution is 2.30. The molecule has 1 aliphatic carbocycles. The lowest BCUT2D eigenvalue weighted by atomic mass is 9.92. The number of carbonyl (C=O) groups excluding carboxylic acids is 2. The number of hydrogen-bond donors (Lipinski definition) is 1. The van der Waals surface area contributed by atoms with Gasteiger partial charge in [-0.05, 0) is 17.6 Å². The fourth-order valence-electron chi connectivity index (χ4n) is 2.23. The maximum absolute atomic E-state index is 11.8. The van der Waals surface area contributed by atoms with Crippen molar-refractivity contribution in [3.63, 3.8) is 0 Å². The predicted octanol–water partition coefficient (Wildman–Crippen LogP) is 1.98. The monoisotopic (exact) mass is 237 g/mol. The van der Waals surface area contributed by atoms with Gasteiger partial charge in [0.05, 0.1) is 11.1 Å². The van der Waals surface area contributed by atoms with Crippen molar-refractivity contribution in [3.8, 4) is 0 Å². The number of imide groups is 1. The van der Waals surface area contributed by atoms with E-state index in [0.717, 1.165) is 11.1 Å². The summed E-state index contributed by atoms with van der Waals surface area (Å²) in [6.07, 6.45) is 6.26. The van der Waals surface area contributed by atoms with Gasteiger partial charge in [-0.15, -0.1) is 0 Å². The lowest BCUT2D eigenvalue weighted by molar-refractivity contribution is -0.123. The Morgan fingerprint density at radius 1 is 1.06 bits per heavy atom. The van der Waals surface area contributed by atoms with Gasteiger partial charge >= 0.3 is 0 Å². The average Bonchev–Trinajstić information content (AvgIpc) is 2.67. The van der Waals surface area contributed by atoms with Crippen molar-refractivity contribution in [2.24, 2.45) is 0 Å². The first-order valence-corrected chi connectivity index (χ1v) is 5.78. The van der Waals surface area contributed by atoms with E-state index in [1.165, 1.54) is 0 Å². The molecule has 3 heteroatoms. The van der Waals surface area contributed by atoms with E-state index in [9.17, 15) is 9.59 Å². The van der Waals surface area contributed by atoms with Gasteiger partial charge < -0.3 is 0 Å². The lowest BCUT2D eigenvalue weighted by Crippen LogP contribution is -2.23. The van der Waals surface area contributed by atoms with Gasteiger partial charge in [-0.2, -0.15) is 0 Å². The van der Waals surface area contributed by atoms with Crippen molar-refractivity contribution in [1.82, 2.24) is 5.32 Å². The van der Waals surface area contributed by atoms with E-state index in [0.29, 0.717) is 17.6 Å². The first-order valence-electron chi connectivity index (χ1n) is 5.78. The zero-order valence-electron chi connectivity index (χ0n) is 9.64. The summed E-state index contributed by atoms with van der Waals surface area (Å²) in [4.78, 5) is 23.3. The van der Waals surface area contributed by atoms with Gasteiger partial charge in [-0.25, -0.2) is 0 Å². The first kappa shape index (κ1) is 10.7. The van der Waals surface area contributed by atoms with Crippen LogP contribution in [-0.2, 0) is 9.59 Å². The summed E-state index contributed by atoms with van der Waals surface area (Å²) >= 11 is 0. The van der Waals surface area contributed by atoms with Crippen LogP contribution in [0.5, 0.6) is 0 Å². The van der Waals surface area contributed by atoms with Gasteiger partial charge in [0.25, 0.3) is 11.8 Å². The van der Waals surface area contributed by atoms with Gasteiger partial charge in [0.15, 0.2) is 0 Å². The summed E-state index contributed by atoms with van der Waals surface area (Å²) in [7, 11) is 0. The minimum atomic E-state index is -0.301. The Kier molecular flexibility index (Phi) is 2.45. The molecule has 0 unspecified atom stereocenters. The molecule has 0 saturated carbocycles. The number of rotatable bonds is 1. The Hall–Kier alpha value is -2.42. The molecule has 0 aromatic heterocycles. The van der Waals surface area contributed by atoms with Crippen molar-refractivity contribution >= 4 is 17.9 Å². The molecular weight excluding hydrogens is 226 g/mol. The third-order valence-electron chi connectivity index (χ3n) is 3.05. The number of nitrogens with one attached hydrogen (secondary N) is 1. The van der Waals surface area contributed by atoms with Crippen LogP contribution in [0.2, 0.25) is 0 Å². The Labute approximate surface area is 105 Å². The molecular formula is C15H11NO2. The zero-order valence-corrected chi connectivity index (χ0v) is 9.64. The van der Waals surface area contributed by atoms with Gasteiger partial charge in [0.1, 0.15) is 0 Å². The quantitative estimate of drug-likeness (QED) is 0.759. The second-order valence-electron chi connectivity index (χ2n) is 4.26. The molecule has 3 nitrogen and oxygen atoms in total. The summed E-state index contributed by atoms with van der Waals surface area (Å²) in [6, 6.07) is 9.78. The molecule has 1 heterocycles. The number of hydrogen-bond acceptors (Lipinski definition) is 2. The fourth-order valence-corrected chi connectivity index (χ4v) is 2.23. The predicted molar refractivity (Wildman–Crippen MR) is 68.4 cm³/mol. The molecule has 0 fully saturated rings.